The standard InChI is InChI=1S/C29H33NO5/c1-29(2,34)26(28(33)21-31)19-27(32)25-13-11-23(12-14-25)6-4-3-5-22-7-9-24(10-8-22)20-30-15-17-35-18-16-30/h4,6-14,26,31,34H,15-21H2,1-2H3/b6-4+/t26-/m1/s1. The summed E-state index contributed by atoms with van der Waals surface area (Å²) in [5.74, 6) is 4.40. The Morgan fingerprint density at radius 1 is 1.09 bits per heavy atom. The largest absolute Gasteiger partial charge is 0.390 e. The Morgan fingerprint density at radius 3 is 2.34 bits per heavy atom. The van der Waals surface area contributed by atoms with Crippen LogP contribution in [0.5, 0.6) is 0 Å². The van der Waals surface area contributed by atoms with E-state index in [1.54, 1.807) is 30.3 Å². The highest BCUT2D eigenvalue weighted by atomic mass is 16.5. The Balaban J connectivity index is 1.54. The summed E-state index contributed by atoms with van der Waals surface area (Å²) in [6, 6.07) is 15.3. The van der Waals surface area contributed by atoms with E-state index in [-0.39, 0.29) is 12.2 Å². The summed E-state index contributed by atoms with van der Waals surface area (Å²) < 4.78 is 5.39. The lowest BCUT2D eigenvalue weighted by molar-refractivity contribution is -0.133. The van der Waals surface area contributed by atoms with E-state index >= 15 is 0 Å². The predicted molar refractivity (Wildman–Crippen MR) is 136 cm³/mol. The lowest BCUT2D eigenvalue weighted by Crippen LogP contribution is -2.39. The van der Waals surface area contributed by atoms with Crippen LogP contribution in [0.4, 0.5) is 0 Å². The van der Waals surface area contributed by atoms with Crippen LogP contribution in [0.15, 0.2) is 54.6 Å². The van der Waals surface area contributed by atoms with Crippen molar-refractivity contribution in [3.63, 3.8) is 0 Å². The highest BCUT2D eigenvalue weighted by molar-refractivity contribution is 5.99. The molecule has 0 radical (unpaired) electrons. The average Bonchev–Trinajstić information content (AvgIpc) is 2.86. The Kier molecular flexibility index (Phi) is 9.53. The first kappa shape index (κ1) is 26.5. The maximum Gasteiger partial charge on any atom is 0.164 e. The van der Waals surface area contributed by atoms with Crippen LogP contribution in [0.3, 0.4) is 0 Å². The number of hydrogen-bond acceptors (Lipinski definition) is 6. The molecule has 0 aliphatic carbocycles. The van der Waals surface area contributed by atoms with Crippen molar-refractivity contribution in [2.45, 2.75) is 32.4 Å². The van der Waals surface area contributed by atoms with Crippen LogP contribution in [-0.2, 0) is 16.1 Å². The smallest absolute Gasteiger partial charge is 0.164 e. The summed E-state index contributed by atoms with van der Waals surface area (Å²) in [6.45, 7) is 6.67. The highest BCUT2D eigenvalue weighted by Gasteiger charge is 2.34. The van der Waals surface area contributed by atoms with Gasteiger partial charge in [0.25, 0.3) is 0 Å². The first-order valence-electron chi connectivity index (χ1n) is 11.8. The number of rotatable bonds is 9. The average molecular weight is 476 g/mol. The Bertz CT molecular complexity index is 1080. The first-order valence-corrected chi connectivity index (χ1v) is 11.8. The third-order valence-electron chi connectivity index (χ3n) is 6.06. The van der Waals surface area contributed by atoms with E-state index in [1.165, 1.54) is 19.4 Å². The lowest BCUT2D eigenvalue weighted by atomic mass is 9.82. The van der Waals surface area contributed by atoms with Crippen molar-refractivity contribution in [1.29, 1.82) is 0 Å². The van der Waals surface area contributed by atoms with Gasteiger partial charge in [0.05, 0.1) is 24.7 Å². The van der Waals surface area contributed by atoms with Gasteiger partial charge in [0.15, 0.2) is 11.6 Å². The number of carbonyl (C=O) groups is 2. The van der Waals surface area contributed by atoms with Gasteiger partial charge in [-0.2, -0.15) is 0 Å². The van der Waals surface area contributed by atoms with Crippen molar-refractivity contribution in [3.05, 3.63) is 76.9 Å². The van der Waals surface area contributed by atoms with E-state index in [2.05, 4.69) is 28.9 Å². The molecule has 0 unspecified atom stereocenters. The van der Waals surface area contributed by atoms with Gasteiger partial charge in [-0.3, -0.25) is 14.5 Å². The number of nitrogens with zero attached hydrogens (tertiary/aromatic N) is 1. The van der Waals surface area contributed by atoms with Crippen molar-refractivity contribution in [1.82, 2.24) is 4.90 Å². The van der Waals surface area contributed by atoms with Crippen LogP contribution >= 0.6 is 0 Å². The van der Waals surface area contributed by atoms with Crippen LogP contribution in [0, 0.1) is 17.8 Å². The molecule has 2 aromatic rings. The minimum atomic E-state index is -1.39. The zero-order chi connectivity index (χ0) is 25.3. The van der Waals surface area contributed by atoms with Crippen molar-refractivity contribution < 1.29 is 24.5 Å². The molecule has 1 heterocycles. The number of aliphatic hydroxyl groups is 2. The molecule has 35 heavy (non-hydrogen) atoms. The van der Waals surface area contributed by atoms with Crippen molar-refractivity contribution >= 4 is 17.6 Å². The highest BCUT2D eigenvalue weighted by Crippen LogP contribution is 2.23. The van der Waals surface area contributed by atoms with E-state index in [1.807, 2.05) is 18.2 Å². The van der Waals surface area contributed by atoms with E-state index in [0.29, 0.717) is 5.56 Å². The molecule has 1 atom stereocenters. The van der Waals surface area contributed by atoms with Gasteiger partial charge < -0.3 is 14.9 Å². The van der Waals surface area contributed by atoms with E-state index in [0.717, 1.165) is 44.0 Å². The summed E-state index contributed by atoms with van der Waals surface area (Å²) in [5.41, 5.74) is 2.16. The van der Waals surface area contributed by atoms with E-state index in [9.17, 15) is 14.7 Å². The van der Waals surface area contributed by atoms with Crippen molar-refractivity contribution in [2.75, 3.05) is 32.9 Å². The fraction of sp³-hybridized carbons (Fsp3) is 0.379. The fourth-order valence-corrected chi connectivity index (χ4v) is 3.92. The number of ether oxygens (including phenoxy) is 1. The number of benzene rings is 2. The van der Waals surface area contributed by atoms with Crippen LogP contribution < -0.4 is 0 Å². The first-order chi connectivity index (χ1) is 16.8. The predicted octanol–water partition coefficient (Wildman–Crippen LogP) is 3.11. The molecule has 1 saturated heterocycles. The molecular formula is C29H33NO5. The molecule has 184 valence electrons. The van der Waals surface area contributed by atoms with Gasteiger partial charge in [-0.25, -0.2) is 0 Å². The quantitative estimate of drug-likeness (QED) is 0.428. The molecule has 0 amide bonds. The molecule has 0 aromatic heterocycles. The van der Waals surface area contributed by atoms with E-state index in [4.69, 9.17) is 9.84 Å². The third kappa shape index (κ3) is 8.27. The normalized spacial score (nSPS) is 15.4. The lowest BCUT2D eigenvalue weighted by Gasteiger charge is -2.27. The van der Waals surface area contributed by atoms with Gasteiger partial charge in [0.2, 0.25) is 0 Å². The summed E-state index contributed by atoms with van der Waals surface area (Å²) >= 11 is 0. The molecule has 6 heteroatoms. The van der Waals surface area contributed by atoms with Crippen molar-refractivity contribution in [3.8, 4) is 11.8 Å². The molecule has 0 saturated carbocycles. The zero-order valence-corrected chi connectivity index (χ0v) is 20.4. The number of carbonyl (C=O) groups excluding carboxylic acids is 2. The van der Waals surface area contributed by atoms with Crippen LogP contribution in [0.1, 0.15) is 47.3 Å². The molecule has 0 spiro atoms. The summed E-state index contributed by atoms with van der Waals surface area (Å²) in [5, 5.41) is 19.3. The summed E-state index contributed by atoms with van der Waals surface area (Å²) in [6.07, 6.45) is 3.47. The molecule has 1 fully saturated rings. The number of aliphatic hydroxyl groups excluding tert-OH is 1. The minimum Gasteiger partial charge on any atom is -0.390 e. The second kappa shape index (κ2) is 12.6. The number of allylic oxidation sites excluding steroid dienone is 1. The monoisotopic (exact) mass is 475 g/mol. The summed E-state index contributed by atoms with van der Waals surface area (Å²) in [7, 11) is 0. The second-order valence-electron chi connectivity index (χ2n) is 9.27. The SMILES string of the molecule is CC(C)(O)[C@H](CC(=O)c1ccc(/C=C/C#Cc2ccc(CN3CCOCC3)cc2)cc1)C(=O)CO. The molecule has 0 bridgehead atoms. The van der Waals surface area contributed by atoms with Crippen LogP contribution in [0.25, 0.3) is 6.08 Å². The Hall–Kier alpha value is -3.08. The maximum atomic E-state index is 12.6. The number of ketones is 2. The number of Topliss-reactive ketones (excluding diaryl/α,β-unsaturated/α-hetero) is 2. The van der Waals surface area contributed by atoms with Gasteiger partial charge in [0, 0.05) is 37.2 Å². The third-order valence-corrected chi connectivity index (χ3v) is 6.06. The molecule has 1 aliphatic heterocycles. The molecule has 3 rings (SSSR count). The van der Waals surface area contributed by atoms with Gasteiger partial charge in [-0.1, -0.05) is 48.2 Å². The van der Waals surface area contributed by atoms with Gasteiger partial charge in [-0.05, 0) is 49.3 Å². The van der Waals surface area contributed by atoms with E-state index < -0.39 is 23.9 Å². The van der Waals surface area contributed by atoms with Gasteiger partial charge >= 0.3 is 0 Å². The zero-order valence-electron chi connectivity index (χ0n) is 20.4. The molecular weight excluding hydrogens is 442 g/mol. The molecule has 1 aliphatic rings. The number of morpholine rings is 1. The molecule has 6 nitrogen and oxygen atoms in total. The minimum absolute atomic E-state index is 0.158. The van der Waals surface area contributed by atoms with Crippen molar-refractivity contribution in [2.24, 2.45) is 5.92 Å². The van der Waals surface area contributed by atoms with Crippen LogP contribution in [-0.4, -0.2) is 65.2 Å². The second-order valence-corrected chi connectivity index (χ2v) is 9.27. The van der Waals surface area contributed by atoms with Gasteiger partial charge in [0.1, 0.15) is 6.61 Å². The van der Waals surface area contributed by atoms with Gasteiger partial charge in [-0.15, -0.1) is 0 Å². The Morgan fingerprint density at radius 2 is 1.74 bits per heavy atom. The maximum absolute atomic E-state index is 12.6. The number of hydrogen-bond donors (Lipinski definition) is 2. The van der Waals surface area contributed by atoms with Crippen LogP contribution in [0.2, 0.25) is 0 Å². The summed E-state index contributed by atoms with van der Waals surface area (Å²) in [4.78, 5) is 26.9. The molecule has 2 aromatic carbocycles. The molecule has 2 N–H and O–H groups in total. The Labute approximate surface area is 207 Å². The fourth-order valence-electron chi connectivity index (χ4n) is 3.92. The topological polar surface area (TPSA) is 87.1 Å².